The lowest BCUT2D eigenvalue weighted by Gasteiger charge is -2.14. The number of nitrogens with one attached hydrogen (secondary N) is 1. The molecule has 146 valence electrons. The van der Waals surface area contributed by atoms with Crippen LogP contribution in [0.2, 0.25) is 0 Å². The number of aryl methyl sites for hydroxylation is 1. The first kappa shape index (κ1) is 20.5. The Labute approximate surface area is 153 Å². The van der Waals surface area contributed by atoms with Gasteiger partial charge in [0.1, 0.15) is 0 Å². The highest BCUT2D eigenvalue weighted by molar-refractivity contribution is 5.83. The van der Waals surface area contributed by atoms with E-state index in [0.29, 0.717) is 0 Å². The molecule has 6 nitrogen and oxygen atoms in total. The number of aromatic amines is 1. The van der Waals surface area contributed by atoms with Crippen molar-refractivity contribution in [1.82, 2.24) is 15.0 Å². The van der Waals surface area contributed by atoms with E-state index in [-0.39, 0.29) is 0 Å². The van der Waals surface area contributed by atoms with E-state index >= 15 is 0 Å². The molecule has 0 spiro atoms. The summed E-state index contributed by atoms with van der Waals surface area (Å²) in [5.41, 5.74) is 3.50. The van der Waals surface area contributed by atoms with Gasteiger partial charge in [-0.1, -0.05) is 23.4 Å². The monoisotopic (exact) mass is 383 g/mol. The summed E-state index contributed by atoms with van der Waals surface area (Å²) >= 11 is 0. The summed E-state index contributed by atoms with van der Waals surface area (Å²) in [6, 6.07) is 10.4. The van der Waals surface area contributed by atoms with E-state index in [2.05, 4.69) is 52.6 Å². The largest absolute Gasteiger partial charge is 0.490 e. The minimum Gasteiger partial charge on any atom is -0.475 e. The Morgan fingerprint density at radius 1 is 1.33 bits per heavy atom. The second kappa shape index (κ2) is 8.72. The maximum Gasteiger partial charge on any atom is 0.490 e. The third-order valence-corrected chi connectivity index (χ3v) is 3.78. The van der Waals surface area contributed by atoms with Crippen LogP contribution in [0.15, 0.2) is 41.1 Å². The van der Waals surface area contributed by atoms with Crippen molar-refractivity contribution < 1.29 is 27.6 Å². The average Bonchev–Trinajstić information content (AvgIpc) is 3.19. The van der Waals surface area contributed by atoms with Crippen LogP contribution in [0, 0.1) is 6.92 Å². The van der Waals surface area contributed by atoms with Gasteiger partial charge >= 0.3 is 12.1 Å². The van der Waals surface area contributed by atoms with Crippen molar-refractivity contribution in [3.8, 4) is 0 Å². The molecular weight excluding hydrogens is 363 g/mol. The quantitative estimate of drug-likeness (QED) is 0.701. The fourth-order valence-electron chi connectivity index (χ4n) is 2.49. The molecule has 1 aromatic carbocycles. The van der Waals surface area contributed by atoms with Gasteiger partial charge in [-0.05, 0) is 32.0 Å². The second-order valence-corrected chi connectivity index (χ2v) is 6.08. The van der Waals surface area contributed by atoms with Gasteiger partial charge in [-0.25, -0.2) is 4.79 Å². The normalized spacial score (nSPS) is 11.5. The zero-order chi connectivity index (χ0) is 20.0. The maximum absolute atomic E-state index is 10.6. The Kier molecular flexibility index (Phi) is 6.62. The summed E-state index contributed by atoms with van der Waals surface area (Å²) in [6.07, 6.45) is -1.95. The van der Waals surface area contributed by atoms with E-state index in [1.165, 1.54) is 16.5 Å². The van der Waals surface area contributed by atoms with Gasteiger partial charge in [-0.2, -0.15) is 13.2 Å². The molecule has 2 N–H and O–H groups in total. The fraction of sp³-hybridized carbons (Fsp3) is 0.333. The number of benzene rings is 1. The number of carboxylic acids is 1. The van der Waals surface area contributed by atoms with Crippen molar-refractivity contribution in [3.63, 3.8) is 0 Å². The lowest BCUT2D eigenvalue weighted by atomic mass is 10.1. The summed E-state index contributed by atoms with van der Waals surface area (Å²) < 4.78 is 37.0. The Balaban J connectivity index is 0.000000321. The third kappa shape index (κ3) is 6.14. The zero-order valence-corrected chi connectivity index (χ0v) is 14.9. The van der Waals surface area contributed by atoms with Crippen LogP contribution in [-0.2, 0) is 17.8 Å². The first-order valence-electron chi connectivity index (χ1n) is 8.12. The Bertz CT molecular complexity index is 886. The van der Waals surface area contributed by atoms with E-state index in [1.54, 1.807) is 0 Å². The Morgan fingerprint density at radius 3 is 2.59 bits per heavy atom. The molecule has 0 aliphatic heterocycles. The topological polar surface area (TPSA) is 82.4 Å². The van der Waals surface area contributed by atoms with Gasteiger partial charge in [0.15, 0.2) is 5.76 Å². The van der Waals surface area contributed by atoms with Crippen LogP contribution in [0.1, 0.15) is 17.0 Å². The molecule has 0 atom stereocenters. The van der Waals surface area contributed by atoms with Crippen molar-refractivity contribution in [1.29, 1.82) is 0 Å². The molecular formula is C18H20F3N3O3. The standard InChI is InChI=1S/C16H19N3O.C2HF3O2/c1-12-9-14(20-18-12)11-19(2)8-7-13-10-17-16-6-4-3-5-15(13)16;3-2(4,5)1(6)7/h3-6,9-10,17H,7-8,11H2,1-2H3;(H,6,7). The number of carboxylic acid groups (broad SMARTS) is 1. The van der Waals surface area contributed by atoms with Crippen LogP contribution in [0.5, 0.6) is 0 Å². The lowest BCUT2D eigenvalue weighted by Crippen LogP contribution is -2.21. The third-order valence-electron chi connectivity index (χ3n) is 3.78. The van der Waals surface area contributed by atoms with Crippen molar-refractivity contribution in [2.24, 2.45) is 0 Å². The Morgan fingerprint density at radius 2 is 2.00 bits per heavy atom. The Hall–Kier alpha value is -2.81. The number of para-hydroxylation sites is 1. The highest BCUT2D eigenvalue weighted by Gasteiger charge is 2.38. The average molecular weight is 383 g/mol. The SMILES string of the molecule is Cc1cc(CN(C)CCc2c[nH]c3ccccc23)on1.O=C(O)C(F)(F)F. The van der Waals surface area contributed by atoms with Crippen LogP contribution < -0.4 is 0 Å². The van der Waals surface area contributed by atoms with Gasteiger partial charge in [0.25, 0.3) is 0 Å². The van der Waals surface area contributed by atoms with Gasteiger partial charge in [0, 0.05) is 29.7 Å². The van der Waals surface area contributed by atoms with Crippen molar-refractivity contribution >= 4 is 16.9 Å². The van der Waals surface area contributed by atoms with Gasteiger partial charge in [-0.15, -0.1) is 0 Å². The lowest BCUT2D eigenvalue weighted by molar-refractivity contribution is -0.192. The fourth-order valence-corrected chi connectivity index (χ4v) is 2.49. The number of likely N-dealkylation sites (N-methyl/N-ethyl adjacent to an activating group) is 1. The molecule has 2 heterocycles. The van der Waals surface area contributed by atoms with E-state index < -0.39 is 12.1 Å². The molecule has 9 heteroatoms. The number of H-pyrrole nitrogens is 1. The molecule has 0 radical (unpaired) electrons. The molecule has 0 saturated carbocycles. The molecule has 3 aromatic rings. The molecule has 27 heavy (non-hydrogen) atoms. The molecule has 2 aromatic heterocycles. The summed E-state index contributed by atoms with van der Waals surface area (Å²) in [7, 11) is 2.10. The molecule has 0 bridgehead atoms. The smallest absolute Gasteiger partial charge is 0.475 e. The number of alkyl halides is 3. The number of aromatic nitrogens is 2. The number of carbonyl (C=O) groups is 1. The minimum atomic E-state index is -5.08. The molecule has 3 rings (SSSR count). The van der Waals surface area contributed by atoms with Crippen molar-refractivity contribution in [3.05, 3.63) is 53.5 Å². The molecule has 0 aliphatic rings. The number of rotatable bonds is 5. The number of halogens is 3. The highest BCUT2D eigenvalue weighted by atomic mass is 19.4. The van der Waals surface area contributed by atoms with Crippen LogP contribution in [0.4, 0.5) is 13.2 Å². The summed E-state index contributed by atoms with van der Waals surface area (Å²) in [5, 5.41) is 12.4. The van der Waals surface area contributed by atoms with E-state index in [4.69, 9.17) is 14.4 Å². The molecule has 0 unspecified atom stereocenters. The van der Waals surface area contributed by atoms with Crippen LogP contribution in [0.25, 0.3) is 10.9 Å². The van der Waals surface area contributed by atoms with Crippen molar-refractivity contribution in [2.45, 2.75) is 26.1 Å². The van der Waals surface area contributed by atoms with Crippen LogP contribution in [-0.4, -0.2) is 45.9 Å². The number of fused-ring (bicyclic) bond motifs is 1. The van der Waals surface area contributed by atoms with Gasteiger partial charge < -0.3 is 14.6 Å². The molecule has 0 fully saturated rings. The summed E-state index contributed by atoms with van der Waals surface area (Å²) in [5.74, 6) is -1.84. The number of hydrogen-bond donors (Lipinski definition) is 2. The predicted molar refractivity (Wildman–Crippen MR) is 93.3 cm³/mol. The minimum absolute atomic E-state index is 0.795. The number of hydrogen-bond acceptors (Lipinski definition) is 4. The molecule has 0 amide bonds. The van der Waals surface area contributed by atoms with Crippen LogP contribution >= 0.6 is 0 Å². The van der Waals surface area contributed by atoms with E-state index in [9.17, 15) is 13.2 Å². The van der Waals surface area contributed by atoms with E-state index in [0.717, 1.165) is 31.0 Å². The summed E-state index contributed by atoms with van der Waals surface area (Å²) in [4.78, 5) is 14.5. The second-order valence-electron chi connectivity index (χ2n) is 6.08. The maximum atomic E-state index is 10.6. The summed E-state index contributed by atoms with van der Waals surface area (Å²) in [6.45, 7) is 3.73. The predicted octanol–water partition coefficient (Wildman–Crippen LogP) is 3.77. The molecule has 0 saturated heterocycles. The first-order chi connectivity index (χ1) is 12.7. The van der Waals surface area contributed by atoms with Crippen molar-refractivity contribution in [2.75, 3.05) is 13.6 Å². The van der Waals surface area contributed by atoms with Gasteiger partial charge in [0.2, 0.25) is 0 Å². The zero-order valence-electron chi connectivity index (χ0n) is 14.9. The molecule has 0 aliphatic carbocycles. The van der Waals surface area contributed by atoms with Gasteiger partial charge in [0.05, 0.1) is 12.2 Å². The highest BCUT2D eigenvalue weighted by Crippen LogP contribution is 2.18. The first-order valence-corrected chi connectivity index (χ1v) is 8.12. The van der Waals surface area contributed by atoms with Crippen LogP contribution in [0.3, 0.4) is 0 Å². The number of aliphatic carboxylic acids is 1. The number of nitrogens with zero attached hydrogens (tertiary/aromatic N) is 2. The van der Waals surface area contributed by atoms with Gasteiger partial charge in [-0.3, -0.25) is 4.90 Å². The van der Waals surface area contributed by atoms with E-state index in [1.807, 2.05) is 13.0 Å².